The Labute approximate surface area is 124 Å². The minimum atomic E-state index is -0.0611. The number of fused-ring (bicyclic) bond motifs is 1. The molecule has 0 aliphatic carbocycles. The number of aryl methyl sites for hydroxylation is 1. The molecule has 4 heteroatoms. The van der Waals surface area contributed by atoms with E-state index in [9.17, 15) is 0 Å². The van der Waals surface area contributed by atoms with Crippen LogP contribution in [0.4, 0.5) is 0 Å². The number of hydrogen-bond acceptors (Lipinski definition) is 4. The van der Waals surface area contributed by atoms with Gasteiger partial charge in [0.2, 0.25) is 0 Å². The molecule has 1 atom stereocenters. The van der Waals surface area contributed by atoms with Gasteiger partial charge < -0.3 is 0 Å². The van der Waals surface area contributed by atoms with Gasteiger partial charge in [-0.25, -0.2) is 5.43 Å². The second-order valence-corrected chi connectivity index (χ2v) is 4.97. The molecule has 0 amide bonds. The van der Waals surface area contributed by atoms with E-state index in [-0.39, 0.29) is 6.04 Å². The van der Waals surface area contributed by atoms with Gasteiger partial charge in [0, 0.05) is 30.2 Å². The molecule has 0 saturated heterocycles. The second-order valence-electron chi connectivity index (χ2n) is 4.97. The summed E-state index contributed by atoms with van der Waals surface area (Å²) < 4.78 is 0. The molecule has 1 unspecified atom stereocenters. The van der Waals surface area contributed by atoms with Crippen LogP contribution in [0.25, 0.3) is 10.8 Å². The average Bonchev–Trinajstić information content (AvgIpc) is 2.56. The summed E-state index contributed by atoms with van der Waals surface area (Å²) in [6.07, 6.45) is 8.33. The summed E-state index contributed by atoms with van der Waals surface area (Å²) in [7, 11) is 0. The van der Waals surface area contributed by atoms with Gasteiger partial charge in [-0.1, -0.05) is 25.1 Å². The average molecular weight is 278 g/mol. The number of rotatable bonds is 4. The topological polar surface area (TPSA) is 63.8 Å². The van der Waals surface area contributed by atoms with Gasteiger partial charge in [-0.15, -0.1) is 0 Å². The van der Waals surface area contributed by atoms with Crippen LogP contribution < -0.4 is 11.3 Å². The van der Waals surface area contributed by atoms with Crippen molar-refractivity contribution in [3.63, 3.8) is 0 Å². The molecule has 4 nitrogen and oxygen atoms in total. The quantitative estimate of drug-likeness (QED) is 0.569. The lowest BCUT2D eigenvalue weighted by Crippen LogP contribution is -2.29. The molecule has 3 N–H and O–H groups in total. The zero-order chi connectivity index (χ0) is 14.7. The Balaban J connectivity index is 2.19. The number of nitrogens with one attached hydrogen (secondary N) is 1. The lowest BCUT2D eigenvalue weighted by Gasteiger charge is -2.21. The maximum Gasteiger partial charge on any atom is 0.0719 e. The van der Waals surface area contributed by atoms with E-state index in [2.05, 4.69) is 34.5 Å². The summed E-state index contributed by atoms with van der Waals surface area (Å²) in [6.45, 7) is 2.13. The largest absolute Gasteiger partial charge is 0.271 e. The number of nitrogens with two attached hydrogens (primary N) is 1. The Bertz CT molecular complexity index is 749. The highest BCUT2D eigenvalue weighted by Crippen LogP contribution is 2.29. The van der Waals surface area contributed by atoms with Crippen molar-refractivity contribution in [3.05, 3.63) is 71.8 Å². The molecule has 0 radical (unpaired) electrons. The molecule has 0 saturated carbocycles. The van der Waals surface area contributed by atoms with Crippen molar-refractivity contribution >= 4 is 10.8 Å². The number of nitrogens with zero attached hydrogens (tertiary/aromatic N) is 2. The smallest absolute Gasteiger partial charge is 0.0719 e. The molecule has 0 spiro atoms. The van der Waals surface area contributed by atoms with Crippen LogP contribution in [0.1, 0.15) is 29.7 Å². The normalized spacial score (nSPS) is 12.5. The van der Waals surface area contributed by atoms with Crippen molar-refractivity contribution in [3.8, 4) is 0 Å². The van der Waals surface area contributed by atoms with Crippen LogP contribution in [-0.4, -0.2) is 9.97 Å². The zero-order valence-electron chi connectivity index (χ0n) is 12.0. The summed E-state index contributed by atoms with van der Waals surface area (Å²) in [5.41, 5.74) is 6.47. The number of benzene rings is 1. The molecule has 0 aliphatic rings. The van der Waals surface area contributed by atoms with E-state index in [1.54, 1.807) is 0 Å². The van der Waals surface area contributed by atoms with Gasteiger partial charge in [0.25, 0.3) is 0 Å². The van der Waals surface area contributed by atoms with E-state index in [0.717, 1.165) is 22.8 Å². The maximum atomic E-state index is 5.87. The van der Waals surface area contributed by atoms with Crippen molar-refractivity contribution in [1.82, 2.24) is 15.4 Å². The molecule has 3 rings (SSSR count). The minimum Gasteiger partial charge on any atom is -0.271 e. The molecule has 0 aliphatic heterocycles. The summed E-state index contributed by atoms with van der Waals surface area (Å²) in [5, 5.41) is 2.27. The minimum absolute atomic E-state index is 0.0611. The van der Waals surface area contributed by atoms with E-state index in [1.165, 1.54) is 11.1 Å². The first-order valence-electron chi connectivity index (χ1n) is 7.06. The van der Waals surface area contributed by atoms with Crippen molar-refractivity contribution in [2.75, 3.05) is 0 Å². The highest BCUT2D eigenvalue weighted by Gasteiger charge is 2.17. The van der Waals surface area contributed by atoms with Crippen LogP contribution in [0.15, 0.2) is 55.1 Å². The highest BCUT2D eigenvalue weighted by molar-refractivity contribution is 5.85. The first kappa shape index (κ1) is 13.7. The summed E-state index contributed by atoms with van der Waals surface area (Å²) in [6, 6.07) is 10.2. The van der Waals surface area contributed by atoms with Crippen molar-refractivity contribution < 1.29 is 0 Å². The number of hydrazine groups is 1. The van der Waals surface area contributed by atoms with Crippen molar-refractivity contribution in [1.29, 1.82) is 0 Å². The lowest BCUT2D eigenvalue weighted by molar-refractivity contribution is 0.634. The van der Waals surface area contributed by atoms with Crippen LogP contribution in [0.5, 0.6) is 0 Å². The van der Waals surface area contributed by atoms with Crippen LogP contribution in [0.2, 0.25) is 0 Å². The highest BCUT2D eigenvalue weighted by atomic mass is 15.2. The first-order valence-corrected chi connectivity index (χ1v) is 7.06. The van der Waals surface area contributed by atoms with Gasteiger partial charge in [-0.3, -0.25) is 15.8 Å². The fourth-order valence-corrected chi connectivity index (χ4v) is 2.76. The third kappa shape index (κ3) is 2.51. The molecule has 0 fully saturated rings. The SMILES string of the molecule is CCc1cnccc1C(NN)c1cccc2cnccc12. The Morgan fingerprint density at radius 3 is 2.67 bits per heavy atom. The van der Waals surface area contributed by atoms with Gasteiger partial charge >= 0.3 is 0 Å². The van der Waals surface area contributed by atoms with Gasteiger partial charge in [0.05, 0.1) is 6.04 Å². The Kier molecular flexibility index (Phi) is 3.90. The molecule has 2 aromatic heterocycles. The predicted octanol–water partition coefficient (Wildman–Crippen LogP) is 2.74. The lowest BCUT2D eigenvalue weighted by atomic mass is 9.92. The monoisotopic (exact) mass is 278 g/mol. The van der Waals surface area contributed by atoms with Gasteiger partial charge in [0.15, 0.2) is 0 Å². The van der Waals surface area contributed by atoms with E-state index >= 15 is 0 Å². The standard InChI is InChI=1S/C17H18N4/c1-2-12-10-19-9-7-15(12)17(21-18)16-5-3-4-13-11-20-8-6-14(13)16/h3-11,17,21H,2,18H2,1H3. The van der Waals surface area contributed by atoms with Crippen LogP contribution in [-0.2, 0) is 6.42 Å². The van der Waals surface area contributed by atoms with E-state index in [4.69, 9.17) is 5.84 Å². The van der Waals surface area contributed by atoms with Gasteiger partial charge in [0.1, 0.15) is 0 Å². The molecule has 1 aromatic carbocycles. The Morgan fingerprint density at radius 2 is 1.86 bits per heavy atom. The zero-order valence-corrected chi connectivity index (χ0v) is 12.0. The van der Waals surface area contributed by atoms with E-state index in [1.807, 2.05) is 43.0 Å². The molecule has 3 aromatic rings. The third-order valence-electron chi connectivity index (χ3n) is 3.83. The van der Waals surface area contributed by atoms with Crippen LogP contribution in [0, 0.1) is 0 Å². The van der Waals surface area contributed by atoms with Crippen LogP contribution in [0.3, 0.4) is 0 Å². The third-order valence-corrected chi connectivity index (χ3v) is 3.83. The first-order chi connectivity index (χ1) is 10.3. The second kappa shape index (κ2) is 5.99. The summed E-state index contributed by atoms with van der Waals surface area (Å²) >= 11 is 0. The molecular weight excluding hydrogens is 260 g/mol. The van der Waals surface area contributed by atoms with E-state index < -0.39 is 0 Å². The van der Waals surface area contributed by atoms with Crippen LogP contribution >= 0.6 is 0 Å². The fraction of sp³-hybridized carbons (Fsp3) is 0.176. The number of hydrogen-bond donors (Lipinski definition) is 2. The van der Waals surface area contributed by atoms with Crippen molar-refractivity contribution in [2.24, 2.45) is 5.84 Å². The number of aromatic nitrogens is 2. The Morgan fingerprint density at radius 1 is 1.05 bits per heavy atom. The molecule has 2 heterocycles. The van der Waals surface area contributed by atoms with E-state index in [0.29, 0.717) is 0 Å². The molecule has 0 bridgehead atoms. The molecule has 106 valence electrons. The summed E-state index contributed by atoms with van der Waals surface area (Å²) in [5.74, 6) is 5.87. The number of pyridine rings is 2. The van der Waals surface area contributed by atoms with Crippen molar-refractivity contribution in [2.45, 2.75) is 19.4 Å². The van der Waals surface area contributed by atoms with Gasteiger partial charge in [-0.2, -0.15) is 0 Å². The molecule has 21 heavy (non-hydrogen) atoms. The van der Waals surface area contributed by atoms with Gasteiger partial charge in [-0.05, 0) is 40.6 Å². The summed E-state index contributed by atoms with van der Waals surface area (Å²) in [4.78, 5) is 8.39. The predicted molar refractivity (Wildman–Crippen MR) is 84.5 cm³/mol. The fourth-order valence-electron chi connectivity index (χ4n) is 2.76. The Hall–Kier alpha value is -2.30. The molecular formula is C17H18N4. The maximum absolute atomic E-state index is 5.87.